The smallest absolute Gasteiger partial charge is 0.193 e. The van der Waals surface area contributed by atoms with E-state index in [2.05, 4.69) is 39.2 Å². The number of nitrogens with zero attached hydrogens (tertiary/aromatic N) is 3. The number of benzene rings is 1. The van der Waals surface area contributed by atoms with Crippen LogP contribution in [0.1, 0.15) is 22.4 Å². The summed E-state index contributed by atoms with van der Waals surface area (Å²) in [5.41, 5.74) is 1.22. The topological polar surface area (TPSA) is 49.8 Å². The average molecular weight is 474 g/mol. The molecule has 0 fully saturated rings. The van der Waals surface area contributed by atoms with Gasteiger partial charge in [-0.15, -0.1) is 35.3 Å². The van der Waals surface area contributed by atoms with E-state index in [0.29, 0.717) is 0 Å². The molecule has 0 atom stereocenters. The Bertz CT molecular complexity index is 657. The first kappa shape index (κ1) is 21.7. The van der Waals surface area contributed by atoms with Crippen LogP contribution in [-0.4, -0.2) is 43.6 Å². The number of hydrogen-bond donors (Lipinski definition) is 1. The third kappa shape index (κ3) is 6.81. The van der Waals surface area contributed by atoms with Gasteiger partial charge in [-0.3, -0.25) is 4.99 Å². The van der Waals surface area contributed by atoms with Crippen molar-refractivity contribution in [1.29, 1.82) is 0 Å². The van der Waals surface area contributed by atoms with Crippen molar-refractivity contribution in [3.8, 4) is 5.75 Å². The number of rotatable bonds is 7. The summed E-state index contributed by atoms with van der Waals surface area (Å²) in [6, 6.07) is 8.11. The number of methoxy groups -OCH3 is 1. The number of hydrogen-bond acceptors (Lipinski definition) is 4. The fourth-order valence-electron chi connectivity index (χ4n) is 2.37. The highest BCUT2D eigenvalue weighted by Crippen LogP contribution is 2.14. The predicted molar refractivity (Wildman–Crippen MR) is 116 cm³/mol. The summed E-state index contributed by atoms with van der Waals surface area (Å²) in [4.78, 5) is 12.3. The third-order valence-corrected chi connectivity index (χ3v) is 4.93. The summed E-state index contributed by atoms with van der Waals surface area (Å²) in [5, 5.41) is 4.58. The minimum Gasteiger partial charge on any atom is -0.497 e. The second kappa shape index (κ2) is 11.3. The van der Waals surface area contributed by atoms with Gasteiger partial charge in [0.15, 0.2) is 5.96 Å². The van der Waals surface area contributed by atoms with Crippen LogP contribution >= 0.6 is 35.3 Å². The number of thiazole rings is 1. The maximum absolute atomic E-state index is 5.19. The Morgan fingerprint density at radius 3 is 2.60 bits per heavy atom. The number of aromatic nitrogens is 1. The molecule has 2 aromatic rings. The van der Waals surface area contributed by atoms with Gasteiger partial charge in [0.1, 0.15) is 5.75 Å². The molecule has 0 aliphatic heterocycles. The molecule has 7 heteroatoms. The van der Waals surface area contributed by atoms with Crippen molar-refractivity contribution in [3.05, 3.63) is 45.9 Å². The van der Waals surface area contributed by atoms with Crippen LogP contribution in [0.2, 0.25) is 0 Å². The van der Waals surface area contributed by atoms with Gasteiger partial charge in [0.25, 0.3) is 0 Å². The lowest BCUT2D eigenvalue weighted by atomic mass is 10.2. The van der Waals surface area contributed by atoms with Crippen LogP contribution in [0, 0.1) is 0 Å². The van der Waals surface area contributed by atoms with Crippen molar-refractivity contribution in [2.45, 2.75) is 26.3 Å². The van der Waals surface area contributed by atoms with Crippen molar-refractivity contribution in [1.82, 2.24) is 15.2 Å². The van der Waals surface area contributed by atoms with Crippen molar-refractivity contribution in [2.75, 3.05) is 27.7 Å². The SMILES string of the molecule is CCc1cnc(CCNC(=NC)N(C)Cc2ccc(OC)cc2)s1.I. The van der Waals surface area contributed by atoms with Gasteiger partial charge >= 0.3 is 0 Å². The lowest BCUT2D eigenvalue weighted by molar-refractivity contribution is 0.414. The highest BCUT2D eigenvalue weighted by molar-refractivity contribution is 14.0. The van der Waals surface area contributed by atoms with Gasteiger partial charge in [-0.2, -0.15) is 0 Å². The van der Waals surface area contributed by atoms with E-state index in [1.165, 1.54) is 15.4 Å². The Balaban J connectivity index is 0.00000312. The van der Waals surface area contributed by atoms with Gasteiger partial charge in [-0.05, 0) is 24.1 Å². The lowest BCUT2D eigenvalue weighted by Gasteiger charge is -2.22. The summed E-state index contributed by atoms with van der Waals surface area (Å²) < 4.78 is 5.19. The van der Waals surface area contributed by atoms with Crippen molar-refractivity contribution in [2.24, 2.45) is 4.99 Å². The molecule has 2 rings (SSSR count). The molecule has 138 valence electrons. The highest BCUT2D eigenvalue weighted by Gasteiger charge is 2.07. The van der Waals surface area contributed by atoms with E-state index < -0.39 is 0 Å². The van der Waals surface area contributed by atoms with Crippen molar-refractivity contribution >= 4 is 41.3 Å². The molecule has 0 spiro atoms. The van der Waals surface area contributed by atoms with Crippen LogP contribution in [-0.2, 0) is 19.4 Å². The van der Waals surface area contributed by atoms with E-state index in [9.17, 15) is 0 Å². The fourth-order valence-corrected chi connectivity index (χ4v) is 3.23. The number of aryl methyl sites for hydroxylation is 1. The standard InChI is InChI=1S/C18H26N4OS.HI/c1-5-16-12-21-17(24-16)10-11-20-18(19-2)22(3)13-14-6-8-15(23-4)9-7-14;/h6-9,12H,5,10-11,13H2,1-4H3,(H,19,20);1H. The first-order valence-electron chi connectivity index (χ1n) is 8.14. The first-order valence-corrected chi connectivity index (χ1v) is 8.96. The maximum atomic E-state index is 5.19. The number of ether oxygens (including phenoxy) is 1. The van der Waals surface area contributed by atoms with Gasteiger partial charge < -0.3 is 15.0 Å². The Labute approximate surface area is 171 Å². The third-order valence-electron chi connectivity index (χ3n) is 3.72. The van der Waals surface area contributed by atoms with Crippen LogP contribution in [0.5, 0.6) is 5.75 Å². The fraction of sp³-hybridized carbons (Fsp3) is 0.444. The Morgan fingerprint density at radius 1 is 1.32 bits per heavy atom. The largest absolute Gasteiger partial charge is 0.497 e. The normalized spacial score (nSPS) is 11.0. The molecule has 1 aromatic carbocycles. The second-order valence-electron chi connectivity index (χ2n) is 5.50. The van der Waals surface area contributed by atoms with E-state index in [1.807, 2.05) is 32.4 Å². The van der Waals surface area contributed by atoms with Crippen LogP contribution in [0.15, 0.2) is 35.5 Å². The van der Waals surface area contributed by atoms with Crippen LogP contribution in [0.25, 0.3) is 0 Å². The molecule has 0 bridgehead atoms. The molecule has 0 amide bonds. The zero-order valence-electron chi connectivity index (χ0n) is 15.3. The maximum Gasteiger partial charge on any atom is 0.193 e. The summed E-state index contributed by atoms with van der Waals surface area (Å²) in [6.07, 6.45) is 3.95. The number of halogens is 1. The summed E-state index contributed by atoms with van der Waals surface area (Å²) in [5.74, 6) is 1.76. The quantitative estimate of drug-likeness (QED) is 0.379. The van der Waals surface area contributed by atoms with Crippen LogP contribution < -0.4 is 10.1 Å². The molecule has 5 nitrogen and oxygen atoms in total. The van der Waals surface area contributed by atoms with Gasteiger partial charge in [-0.1, -0.05) is 19.1 Å². The first-order chi connectivity index (χ1) is 11.7. The molecule has 25 heavy (non-hydrogen) atoms. The average Bonchev–Trinajstić information content (AvgIpc) is 3.07. The van der Waals surface area contributed by atoms with Gasteiger partial charge in [0, 0.05) is 44.7 Å². The minimum atomic E-state index is 0. The molecular weight excluding hydrogens is 447 g/mol. The minimum absolute atomic E-state index is 0. The molecular formula is C18H27IN4OS. The van der Waals surface area contributed by atoms with E-state index in [0.717, 1.165) is 37.6 Å². The zero-order chi connectivity index (χ0) is 17.4. The van der Waals surface area contributed by atoms with E-state index in [4.69, 9.17) is 4.74 Å². The Hall–Kier alpha value is -1.35. The molecule has 0 unspecified atom stereocenters. The summed E-state index contributed by atoms with van der Waals surface area (Å²) in [6.45, 7) is 3.78. The molecule has 1 aromatic heterocycles. The van der Waals surface area contributed by atoms with E-state index in [-0.39, 0.29) is 24.0 Å². The summed E-state index contributed by atoms with van der Waals surface area (Å²) in [7, 11) is 5.53. The van der Waals surface area contributed by atoms with Crippen LogP contribution in [0.3, 0.4) is 0 Å². The molecule has 1 heterocycles. The number of aliphatic imine (C=N–C) groups is 1. The van der Waals surface area contributed by atoms with Gasteiger partial charge in [0.2, 0.25) is 0 Å². The van der Waals surface area contributed by atoms with Crippen molar-refractivity contribution < 1.29 is 4.74 Å². The molecule has 1 N–H and O–H groups in total. The van der Waals surface area contributed by atoms with E-state index in [1.54, 1.807) is 18.4 Å². The Morgan fingerprint density at radius 2 is 2.04 bits per heavy atom. The molecule has 0 saturated heterocycles. The zero-order valence-corrected chi connectivity index (χ0v) is 18.4. The molecule has 0 radical (unpaired) electrons. The van der Waals surface area contributed by atoms with E-state index >= 15 is 0 Å². The monoisotopic (exact) mass is 474 g/mol. The highest BCUT2D eigenvalue weighted by atomic mass is 127. The van der Waals surface area contributed by atoms with Crippen molar-refractivity contribution in [3.63, 3.8) is 0 Å². The molecule has 0 aliphatic carbocycles. The molecule has 0 saturated carbocycles. The number of nitrogens with one attached hydrogen (secondary N) is 1. The van der Waals surface area contributed by atoms with Crippen LogP contribution in [0.4, 0.5) is 0 Å². The Kier molecular flexibility index (Phi) is 9.81. The van der Waals surface area contributed by atoms with Gasteiger partial charge in [-0.25, -0.2) is 4.98 Å². The summed E-state index contributed by atoms with van der Waals surface area (Å²) >= 11 is 1.79. The predicted octanol–water partition coefficient (Wildman–Crippen LogP) is 3.58. The van der Waals surface area contributed by atoms with Gasteiger partial charge in [0.05, 0.1) is 12.1 Å². The molecule has 0 aliphatic rings. The lowest BCUT2D eigenvalue weighted by Crippen LogP contribution is -2.39. The number of guanidine groups is 1. The second-order valence-corrected chi connectivity index (χ2v) is 6.70.